The van der Waals surface area contributed by atoms with Crippen molar-refractivity contribution in [2.75, 3.05) is 10.1 Å². The summed E-state index contributed by atoms with van der Waals surface area (Å²) in [6.45, 7) is 3.29. The summed E-state index contributed by atoms with van der Waals surface area (Å²) >= 11 is 2.02. The van der Waals surface area contributed by atoms with E-state index in [1.54, 1.807) is 60.7 Å². The Kier molecular flexibility index (Phi) is 7.68. The van der Waals surface area contributed by atoms with Crippen molar-refractivity contribution in [2.45, 2.75) is 23.6 Å². The Morgan fingerprint density at radius 2 is 1.39 bits per heavy atom. The van der Waals surface area contributed by atoms with Gasteiger partial charge in [-0.3, -0.25) is 4.79 Å². The molecule has 0 aromatic heterocycles. The van der Waals surface area contributed by atoms with Crippen molar-refractivity contribution >= 4 is 63.2 Å². The molecule has 0 saturated heterocycles. The maximum Gasteiger partial charge on any atom is 0.270 e. The first kappa shape index (κ1) is 29.2. The van der Waals surface area contributed by atoms with E-state index in [0.29, 0.717) is 20.3 Å². The van der Waals surface area contributed by atoms with Crippen LogP contribution in [0.4, 0.5) is 10.1 Å². The van der Waals surface area contributed by atoms with Crippen LogP contribution in [-0.2, 0) is 24.7 Å². The fourth-order valence-corrected chi connectivity index (χ4v) is 9.52. The Balaban J connectivity index is 1.81. The normalized spacial score (nSPS) is 18.6. The van der Waals surface area contributed by atoms with E-state index in [-0.39, 0.29) is 15.5 Å². The third kappa shape index (κ3) is 5.24. The number of anilines is 1. The number of nitrogens with zero attached hydrogens (tertiary/aromatic N) is 1. The first-order chi connectivity index (χ1) is 19.4. The number of aryl methyl sites for hydroxylation is 1. The highest BCUT2D eigenvalue weighted by molar-refractivity contribution is 14.1. The van der Waals surface area contributed by atoms with Crippen molar-refractivity contribution in [1.29, 1.82) is 0 Å². The van der Waals surface area contributed by atoms with Crippen LogP contribution < -0.4 is 4.31 Å². The highest BCUT2D eigenvalue weighted by Gasteiger charge is 2.53. The zero-order valence-corrected chi connectivity index (χ0v) is 25.9. The molecule has 1 atom stereocenters. The number of hydrogen-bond acceptors (Lipinski definition) is 5. The quantitative estimate of drug-likeness (QED) is 0.210. The molecule has 6 nitrogen and oxygen atoms in total. The van der Waals surface area contributed by atoms with Crippen molar-refractivity contribution in [3.8, 4) is 0 Å². The second-order valence-corrected chi connectivity index (χ2v) is 14.9. The summed E-state index contributed by atoms with van der Waals surface area (Å²) in [5.41, 5.74) is 0.429. The fourth-order valence-electron chi connectivity index (χ4n) is 4.98. The number of benzene rings is 4. The number of sulfonamides is 1. The summed E-state index contributed by atoms with van der Waals surface area (Å²) in [6, 6.07) is 26.0. The van der Waals surface area contributed by atoms with Crippen LogP contribution in [0.25, 0.3) is 9.15 Å². The Morgan fingerprint density at radius 3 is 2.02 bits per heavy atom. The average Bonchev–Trinajstić information content (AvgIpc) is 2.94. The Labute approximate surface area is 252 Å². The molecule has 1 amide bonds. The highest BCUT2D eigenvalue weighted by atomic mass is 127. The summed E-state index contributed by atoms with van der Waals surface area (Å²) in [6.07, 6.45) is 0. The molecule has 41 heavy (non-hydrogen) atoms. The minimum Gasteiger partial charge on any atom is -0.272 e. The average molecular weight is 702 g/mol. The number of para-hydroxylation sites is 1. The number of amides is 1. The van der Waals surface area contributed by atoms with Gasteiger partial charge in [-0.15, -0.1) is 0 Å². The summed E-state index contributed by atoms with van der Waals surface area (Å²) in [7, 11) is -8.53. The van der Waals surface area contributed by atoms with Crippen LogP contribution in [0.15, 0.2) is 113 Å². The Bertz CT molecular complexity index is 1890. The molecule has 4 aromatic carbocycles. The molecule has 0 aliphatic carbocycles. The molecule has 0 saturated carbocycles. The van der Waals surface area contributed by atoms with Gasteiger partial charge in [0.2, 0.25) is 0 Å². The zero-order chi connectivity index (χ0) is 29.6. The zero-order valence-electron chi connectivity index (χ0n) is 22.1. The largest absolute Gasteiger partial charge is 0.272 e. The van der Waals surface area contributed by atoms with Gasteiger partial charge in [-0.05, 0) is 90.0 Å². The standard InChI is InChI=1S/C31H25FINO5S2/c1-21-12-18-24(19-13-21)40(36,37)20-31(2)28(29(33)22-14-16-23(32)17-15-22)26-10-6-7-11-27(26)34(30(31)35)41(38,39)25-8-4-3-5-9-25/h3-19H,20H2,1-2H3/b29-28-. The number of fused-ring (bicyclic) bond motifs is 1. The van der Waals surface area contributed by atoms with Crippen LogP contribution in [0.3, 0.4) is 0 Å². The number of halogens is 2. The van der Waals surface area contributed by atoms with E-state index in [1.165, 1.54) is 49.4 Å². The summed E-state index contributed by atoms with van der Waals surface area (Å²) in [4.78, 5) is 14.5. The van der Waals surface area contributed by atoms with Crippen LogP contribution in [0, 0.1) is 18.2 Å². The first-order valence-corrected chi connectivity index (χ1v) is 16.7. The van der Waals surface area contributed by atoms with Gasteiger partial charge in [-0.1, -0.05) is 66.2 Å². The van der Waals surface area contributed by atoms with Gasteiger partial charge in [-0.25, -0.2) is 25.5 Å². The van der Waals surface area contributed by atoms with E-state index in [4.69, 9.17) is 0 Å². The van der Waals surface area contributed by atoms with Crippen LogP contribution in [0.5, 0.6) is 0 Å². The topological polar surface area (TPSA) is 88.6 Å². The molecule has 1 aliphatic heterocycles. The van der Waals surface area contributed by atoms with Gasteiger partial charge in [0.25, 0.3) is 15.9 Å². The van der Waals surface area contributed by atoms with Gasteiger partial charge in [0, 0.05) is 9.14 Å². The third-order valence-electron chi connectivity index (χ3n) is 7.06. The number of rotatable bonds is 6. The van der Waals surface area contributed by atoms with E-state index in [0.717, 1.165) is 9.87 Å². The van der Waals surface area contributed by atoms with Crippen molar-refractivity contribution in [3.63, 3.8) is 0 Å². The second kappa shape index (κ2) is 10.8. The van der Waals surface area contributed by atoms with E-state index in [2.05, 4.69) is 0 Å². The van der Waals surface area contributed by atoms with Gasteiger partial charge in [0.15, 0.2) is 9.84 Å². The predicted octanol–water partition coefficient (Wildman–Crippen LogP) is 6.65. The SMILES string of the molecule is Cc1ccc(S(=O)(=O)CC2(C)C(=O)N(S(=O)(=O)c3ccccc3)c3ccccc3/C2=C(/I)c2ccc(F)cc2)cc1. The fraction of sp³-hybridized carbons (Fsp3) is 0.129. The molecule has 4 aromatic rings. The summed E-state index contributed by atoms with van der Waals surface area (Å²) in [5.74, 6) is -2.05. The second-order valence-electron chi connectivity index (χ2n) is 10.0. The number of sulfone groups is 1. The Morgan fingerprint density at radius 1 is 0.805 bits per heavy atom. The molecule has 10 heteroatoms. The molecule has 1 unspecified atom stereocenters. The molecule has 0 spiro atoms. The molecule has 210 valence electrons. The molecular formula is C31H25FINO5S2. The molecule has 1 aliphatic rings. The van der Waals surface area contributed by atoms with Crippen LogP contribution in [0.2, 0.25) is 0 Å². The monoisotopic (exact) mass is 701 g/mol. The van der Waals surface area contributed by atoms with Gasteiger partial charge >= 0.3 is 0 Å². The highest BCUT2D eigenvalue weighted by Crippen LogP contribution is 2.53. The van der Waals surface area contributed by atoms with E-state index < -0.39 is 42.8 Å². The number of carbonyl (C=O) groups is 1. The maximum atomic E-state index is 14.6. The molecule has 1 heterocycles. The van der Waals surface area contributed by atoms with Crippen LogP contribution in [-0.4, -0.2) is 28.5 Å². The maximum absolute atomic E-state index is 14.6. The van der Waals surface area contributed by atoms with Crippen molar-refractivity contribution in [3.05, 3.63) is 126 Å². The molecule has 0 N–H and O–H groups in total. The summed E-state index contributed by atoms with van der Waals surface area (Å²) in [5, 5.41) is 0. The van der Waals surface area contributed by atoms with Gasteiger partial charge < -0.3 is 0 Å². The van der Waals surface area contributed by atoms with Crippen molar-refractivity contribution in [1.82, 2.24) is 0 Å². The van der Waals surface area contributed by atoms with E-state index >= 15 is 0 Å². The van der Waals surface area contributed by atoms with Crippen molar-refractivity contribution < 1.29 is 26.0 Å². The van der Waals surface area contributed by atoms with E-state index in [1.807, 2.05) is 29.5 Å². The van der Waals surface area contributed by atoms with Gasteiger partial charge in [-0.2, -0.15) is 0 Å². The minimum atomic E-state index is -4.43. The molecule has 0 radical (unpaired) electrons. The molecule has 0 bridgehead atoms. The summed E-state index contributed by atoms with van der Waals surface area (Å²) < 4.78 is 70.7. The lowest BCUT2D eigenvalue weighted by Crippen LogP contribution is -2.52. The predicted molar refractivity (Wildman–Crippen MR) is 166 cm³/mol. The lowest BCUT2D eigenvalue weighted by molar-refractivity contribution is -0.122. The van der Waals surface area contributed by atoms with Crippen LogP contribution >= 0.6 is 22.6 Å². The van der Waals surface area contributed by atoms with Crippen LogP contribution in [0.1, 0.15) is 23.6 Å². The van der Waals surface area contributed by atoms with E-state index in [9.17, 15) is 26.0 Å². The third-order valence-corrected chi connectivity index (χ3v) is 11.9. The lowest BCUT2D eigenvalue weighted by atomic mass is 9.75. The molecule has 5 rings (SSSR count). The molecule has 0 fully saturated rings. The minimum absolute atomic E-state index is 0.0181. The lowest BCUT2D eigenvalue weighted by Gasteiger charge is -2.42. The Hall–Kier alpha value is -3.35. The number of carbonyl (C=O) groups excluding carboxylic acids is 1. The smallest absolute Gasteiger partial charge is 0.270 e. The van der Waals surface area contributed by atoms with Gasteiger partial charge in [0.1, 0.15) is 5.82 Å². The molecular weight excluding hydrogens is 676 g/mol. The van der Waals surface area contributed by atoms with Gasteiger partial charge in [0.05, 0.1) is 26.6 Å². The number of hydrogen-bond donors (Lipinski definition) is 0. The first-order valence-electron chi connectivity index (χ1n) is 12.6. The van der Waals surface area contributed by atoms with Crippen molar-refractivity contribution in [2.24, 2.45) is 5.41 Å².